The van der Waals surface area contributed by atoms with Gasteiger partial charge < -0.3 is 10.2 Å². The zero-order chi connectivity index (χ0) is 22.3. The molecule has 32 heavy (non-hydrogen) atoms. The molecule has 1 unspecified atom stereocenters. The Morgan fingerprint density at radius 2 is 1.38 bits per heavy atom. The smallest absolute Gasteiger partial charge is 0.175 e. The maximum Gasteiger partial charge on any atom is 0.175 e. The van der Waals surface area contributed by atoms with E-state index in [1.54, 1.807) is 0 Å². The highest BCUT2D eigenvalue weighted by Gasteiger charge is 2.24. The van der Waals surface area contributed by atoms with Crippen molar-refractivity contribution in [1.29, 1.82) is 0 Å². The number of benzene rings is 3. The third-order valence-electron chi connectivity index (χ3n) is 5.10. The van der Waals surface area contributed by atoms with Crippen molar-refractivity contribution in [1.82, 2.24) is 10.2 Å². The summed E-state index contributed by atoms with van der Waals surface area (Å²) in [5.41, 5.74) is 3.43. The second kappa shape index (κ2) is 10.7. The van der Waals surface area contributed by atoms with Crippen LogP contribution in [-0.4, -0.2) is 16.1 Å². The molecule has 4 rings (SSSR count). The molecular formula is C25H22Cl2N4S. The van der Waals surface area contributed by atoms with E-state index in [1.165, 1.54) is 11.1 Å². The van der Waals surface area contributed by atoms with Gasteiger partial charge in [0.05, 0.1) is 5.03 Å². The number of halogens is 2. The van der Waals surface area contributed by atoms with Crippen LogP contribution in [-0.2, 0) is 19.5 Å². The van der Waals surface area contributed by atoms with Crippen molar-refractivity contribution in [2.75, 3.05) is 0 Å². The first-order valence-electron chi connectivity index (χ1n) is 10.3. The lowest BCUT2D eigenvalue weighted by atomic mass is 10.1. The molecule has 0 amide bonds. The van der Waals surface area contributed by atoms with Crippen molar-refractivity contribution in [3.8, 4) is 0 Å². The Kier molecular flexibility index (Phi) is 7.53. The van der Waals surface area contributed by atoms with Gasteiger partial charge in [-0.2, -0.15) is 5.11 Å². The Bertz CT molecular complexity index is 1070. The van der Waals surface area contributed by atoms with Crippen molar-refractivity contribution in [3.63, 3.8) is 0 Å². The van der Waals surface area contributed by atoms with Crippen LogP contribution in [0, 0.1) is 0 Å². The zero-order valence-corrected chi connectivity index (χ0v) is 19.6. The van der Waals surface area contributed by atoms with Gasteiger partial charge in [0.15, 0.2) is 10.9 Å². The first kappa shape index (κ1) is 22.5. The normalized spacial score (nSPS) is 15.1. The fraction of sp³-hybridized carbons (Fsp3) is 0.160. The standard InChI is InChI=1S/C25H22Cl2N4S/c26-21-13-11-18(12-14-21)15-22-23(27)24(30-29-22)28-25(32)31(16-19-7-3-1-4-8-19)17-20-9-5-2-6-10-20/h1-14,22H,15-17H2,(H,28,32). The molecule has 1 N–H and O–H groups in total. The molecule has 0 radical (unpaired) electrons. The quantitative estimate of drug-likeness (QED) is 0.382. The molecule has 1 heterocycles. The average molecular weight is 481 g/mol. The fourth-order valence-electron chi connectivity index (χ4n) is 3.43. The second-order valence-corrected chi connectivity index (χ2v) is 8.75. The summed E-state index contributed by atoms with van der Waals surface area (Å²) in [6.45, 7) is 1.33. The highest BCUT2D eigenvalue weighted by Crippen LogP contribution is 2.27. The maximum absolute atomic E-state index is 6.62. The van der Waals surface area contributed by atoms with Gasteiger partial charge in [0.1, 0.15) is 6.04 Å². The number of hydrogen-bond acceptors (Lipinski definition) is 3. The number of nitrogens with one attached hydrogen (secondary N) is 1. The van der Waals surface area contributed by atoms with Crippen LogP contribution in [0.5, 0.6) is 0 Å². The van der Waals surface area contributed by atoms with E-state index in [1.807, 2.05) is 60.7 Å². The summed E-state index contributed by atoms with van der Waals surface area (Å²) in [5.74, 6) is 0.502. The number of rotatable bonds is 7. The molecule has 1 atom stereocenters. The second-order valence-electron chi connectivity index (χ2n) is 7.52. The number of azo groups is 1. The zero-order valence-electron chi connectivity index (χ0n) is 17.3. The minimum atomic E-state index is -0.236. The molecule has 0 aliphatic carbocycles. The van der Waals surface area contributed by atoms with Gasteiger partial charge in [-0.15, -0.1) is 5.11 Å². The Labute approximate surface area is 203 Å². The van der Waals surface area contributed by atoms with Crippen molar-refractivity contribution >= 4 is 40.5 Å². The molecule has 0 fully saturated rings. The van der Waals surface area contributed by atoms with Gasteiger partial charge in [-0.1, -0.05) is 96.0 Å². The SMILES string of the molecule is S=C(NC1=C(Cl)C(Cc2ccc(Cl)cc2)N=N1)N(Cc1ccccc1)Cc1ccccc1. The van der Waals surface area contributed by atoms with Crippen molar-refractivity contribution in [3.05, 3.63) is 117 Å². The fourth-order valence-corrected chi connectivity index (χ4v) is 3.99. The molecule has 1 aliphatic rings. The molecule has 3 aromatic carbocycles. The summed E-state index contributed by atoms with van der Waals surface area (Å²) in [6.07, 6.45) is 0.648. The van der Waals surface area contributed by atoms with Crippen LogP contribution in [0.15, 0.2) is 106 Å². The Balaban J connectivity index is 1.47. The molecule has 0 saturated carbocycles. The first-order valence-corrected chi connectivity index (χ1v) is 11.4. The van der Waals surface area contributed by atoms with Crippen LogP contribution < -0.4 is 5.32 Å². The van der Waals surface area contributed by atoms with Crippen molar-refractivity contribution < 1.29 is 0 Å². The van der Waals surface area contributed by atoms with Crippen LogP contribution in [0.3, 0.4) is 0 Å². The molecule has 0 spiro atoms. The molecule has 3 aromatic rings. The molecule has 0 aromatic heterocycles. The minimum absolute atomic E-state index is 0.236. The van der Waals surface area contributed by atoms with Crippen LogP contribution in [0.2, 0.25) is 5.02 Å². The van der Waals surface area contributed by atoms with Crippen LogP contribution in [0.25, 0.3) is 0 Å². The molecule has 162 valence electrons. The number of thiocarbonyl (C=S) groups is 1. The molecule has 7 heteroatoms. The van der Waals surface area contributed by atoms with Crippen molar-refractivity contribution in [2.45, 2.75) is 25.6 Å². The summed E-state index contributed by atoms with van der Waals surface area (Å²) < 4.78 is 0. The third kappa shape index (κ3) is 5.94. The number of nitrogens with zero attached hydrogens (tertiary/aromatic N) is 3. The highest BCUT2D eigenvalue weighted by molar-refractivity contribution is 7.80. The lowest BCUT2D eigenvalue weighted by Crippen LogP contribution is -2.38. The Hall–Kier alpha value is -2.73. The molecule has 1 aliphatic heterocycles. The van der Waals surface area contributed by atoms with E-state index < -0.39 is 0 Å². The van der Waals surface area contributed by atoms with Gasteiger partial charge in [-0.05, 0) is 41.0 Å². The maximum atomic E-state index is 6.62. The highest BCUT2D eigenvalue weighted by atomic mass is 35.5. The average Bonchev–Trinajstić information content (AvgIpc) is 3.15. The van der Waals surface area contributed by atoms with E-state index in [2.05, 4.69) is 44.7 Å². The van der Waals surface area contributed by atoms with Gasteiger partial charge in [-0.3, -0.25) is 0 Å². The Morgan fingerprint density at radius 1 is 0.812 bits per heavy atom. The van der Waals surface area contributed by atoms with Crippen LogP contribution in [0.1, 0.15) is 16.7 Å². The first-order chi connectivity index (χ1) is 15.6. The van der Waals surface area contributed by atoms with Gasteiger partial charge in [0, 0.05) is 24.5 Å². The van der Waals surface area contributed by atoms with Gasteiger partial charge in [-0.25, -0.2) is 0 Å². The third-order valence-corrected chi connectivity index (χ3v) is 6.15. The molecular weight excluding hydrogens is 459 g/mol. The summed E-state index contributed by atoms with van der Waals surface area (Å²) in [7, 11) is 0. The summed E-state index contributed by atoms with van der Waals surface area (Å²) >= 11 is 18.3. The summed E-state index contributed by atoms with van der Waals surface area (Å²) in [6, 6.07) is 27.9. The predicted molar refractivity (Wildman–Crippen MR) is 135 cm³/mol. The van der Waals surface area contributed by atoms with E-state index in [0.717, 1.165) is 5.56 Å². The van der Waals surface area contributed by atoms with Crippen LogP contribution in [0.4, 0.5) is 0 Å². The van der Waals surface area contributed by atoms with Gasteiger partial charge in [0.25, 0.3) is 0 Å². The molecule has 4 nitrogen and oxygen atoms in total. The topological polar surface area (TPSA) is 40.0 Å². The van der Waals surface area contributed by atoms with Crippen LogP contribution >= 0.6 is 35.4 Å². The van der Waals surface area contributed by atoms with E-state index in [4.69, 9.17) is 35.4 Å². The van der Waals surface area contributed by atoms with E-state index in [9.17, 15) is 0 Å². The van der Waals surface area contributed by atoms with Gasteiger partial charge >= 0.3 is 0 Å². The lowest BCUT2D eigenvalue weighted by Gasteiger charge is -2.26. The summed E-state index contributed by atoms with van der Waals surface area (Å²) in [5, 5.41) is 13.6. The number of hydrogen-bond donors (Lipinski definition) is 1. The Morgan fingerprint density at radius 3 is 1.94 bits per heavy atom. The predicted octanol–water partition coefficient (Wildman–Crippen LogP) is 6.70. The largest absolute Gasteiger partial charge is 0.340 e. The molecule has 0 bridgehead atoms. The van der Waals surface area contributed by atoms with E-state index >= 15 is 0 Å². The summed E-state index contributed by atoms with van der Waals surface area (Å²) in [4.78, 5) is 2.10. The van der Waals surface area contributed by atoms with Gasteiger partial charge in [0.2, 0.25) is 0 Å². The minimum Gasteiger partial charge on any atom is -0.340 e. The van der Waals surface area contributed by atoms with E-state index in [0.29, 0.717) is 40.5 Å². The van der Waals surface area contributed by atoms with E-state index in [-0.39, 0.29) is 6.04 Å². The monoisotopic (exact) mass is 480 g/mol. The molecule has 0 saturated heterocycles. The van der Waals surface area contributed by atoms with Crippen molar-refractivity contribution in [2.24, 2.45) is 10.2 Å². The lowest BCUT2D eigenvalue weighted by molar-refractivity contribution is 0.402.